The van der Waals surface area contributed by atoms with E-state index in [1.54, 1.807) is 0 Å². The first-order valence-corrected chi connectivity index (χ1v) is 17.1. The number of hydrogen-bond acceptors (Lipinski definition) is 4. The van der Waals surface area contributed by atoms with Gasteiger partial charge < -0.3 is 0 Å². The van der Waals surface area contributed by atoms with Crippen molar-refractivity contribution in [2.75, 3.05) is 0 Å². The molecule has 5 nitrogen and oxygen atoms in total. The van der Waals surface area contributed by atoms with Crippen LogP contribution in [0, 0.1) is 0 Å². The van der Waals surface area contributed by atoms with E-state index in [0.717, 1.165) is 88.6 Å². The Balaban J connectivity index is 1.32. The predicted octanol–water partition coefficient (Wildman–Crippen LogP) is 11.3. The number of aromatic nitrogens is 5. The molecule has 0 radical (unpaired) electrons. The van der Waals surface area contributed by atoms with Crippen LogP contribution in [0.4, 0.5) is 0 Å². The van der Waals surface area contributed by atoms with Gasteiger partial charge in [-0.25, -0.2) is 19.9 Å². The standard InChI is InChI=1S/C46H29N5/c1-4-13-30(14-5-1)34-27-35(31-15-6-2-7-16-31)29-36(28-34)44-49-43-39(24-22-33-23-25-40(48-42(33)43)32-17-8-3-9-18-32)46(50-44)51-41-21-11-10-19-37(41)38-20-12-26-47-45(38)51/h1-29H. The summed E-state index contributed by atoms with van der Waals surface area (Å²) in [6, 6.07) is 58.9. The van der Waals surface area contributed by atoms with Gasteiger partial charge in [-0.2, -0.15) is 0 Å². The number of nitrogens with zero attached hydrogens (tertiary/aromatic N) is 5. The lowest BCUT2D eigenvalue weighted by molar-refractivity contribution is 1.06. The maximum Gasteiger partial charge on any atom is 0.162 e. The fraction of sp³-hybridized carbons (Fsp3) is 0. The first-order valence-electron chi connectivity index (χ1n) is 17.1. The Morgan fingerprint density at radius 2 is 1.00 bits per heavy atom. The summed E-state index contributed by atoms with van der Waals surface area (Å²) < 4.78 is 2.18. The molecule has 0 aliphatic rings. The minimum absolute atomic E-state index is 0.619. The number of fused-ring (bicyclic) bond motifs is 6. The van der Waals surface area contributed by atoms with Crippen LogP contribution in [0.15, 0.2) is 176 Å². The van der Waals surface area contributed by atoms with Crippen LogP contribution >= 0.6 is 0 Å². The molecule has 0 atom stereocenters. The van der Waals surface area contributed by atoms with Crippen LogP contribution in [-0.4, -0.2) is 24.5 Å². The average Bonchev–Trinajstić information content (AvgIpc) is 3.55. The molecule has 0 aliphatic heterocycles. The average molecular weight is 652 g/mol. The Morgan fingerprint density at radius 1 is 0.392 bits per heavy atom. The summed E-state index contributed by atoms with van der Waals surface area (Å²) in [5.41, 5.74) is 10.8. The summed E-state index contributed by atoms with van der Waals surface area (Å²) in [5, 5.41) is 4.11. The Kier molecular flexibility index (Phi) is 6.74. The van der Waals surface area contributed by atoms with Crippen LogP contribution in [0.1, 0.15) is 0 Å². The summed E-state index contributed by atoms with van der Waals surface area (Å²) in [5.74, 6) is 1.38. The zero-order chi connectivity index (χ0) is 33.7. The van der Waals surface area contributed by atoms with Crippen molar-refractivity contribution in [2.24, 2.45) is 0 Å². The lowest BCUT2D eigenvalue weighted by atomic mass is 9.95. The minimum Gasteiger partial charge on any atom is -0.277 e. The van der Waals surface area contributed by atoms with Crippen LogP contribution < -0.4 is 0 Å². The molecule has 0 spiro atoms. The Bertz CT molecular complexity index is 2790. The summed E-state index contributed by atoms with van der Waals surface area (Å²) in [6.07, 6.45) is 1.85. The highest BCUT2D eigenvalue weighted by Gasteiger charge is 2.21. The SMILES string of the molecule is c1ccc(-c2cc(-c3ccccc3)cc(-c3nc(-n4c5ccccc5c5cccnc54)c4ccc5ccc(-c6ccccc6)nc5c4n3)c2)cc1. The van der Waals surface area contributed by atoms with Gasteiger partial charge in [0.2, 0.25) is 0 Å². The number of para-hydroxylation sites is 1. The molecule has 6 aromatic carbocycles. The van der Waals surface area contributed by atoms with Gasteiger partial charge in [-0.15, -0.1) is 0 Å². The second-order valence-electron chi connectivity index (χ2n) is 12.7. The maximum absolute atomic E-state index is 5.45. The second kappa shape index (κ2) is 11.9. The Morgan fingerprint density at radius 3 is 1.73 bits per heavy atom. The van der Waals surface area contributed by atoms with Crippen molar-refractivity contribution in [1.82, 2.24) is 24.5 Å². The summed E-state index contributed by atoms with van der Waals surface area (Å²) in [7, 11) is 0. The molecule has 0 fully saturated rings. The van der Waals surface area contributed by atoms with Gasteiger partial charge in [-0.3, -0.25) is 4.57 Å². The topological polar surface area (TPSA) is 56.5 Å². The van der Waals surface area contributed by atoms with Gasteiger partial charge in [-0.1, -0.05) is 121 Å². The maximum atomic E-state index is 5.45. The molecule has 0 bridgehead atoms. The monoisotopic (exact) mass is 651 g/mol. The number of rotatable bonds is 5. The highest BCUT2D eigenvalue weighted by molar-refractivity contribution is 6.11. The molecule has 0 unspecified atom stereocenters. The van der Waals surface area contributed by atoms with E-state index in [1.165, 1.54) is 0 Å². The molecule has 238 valence electrons. The van der Waals surface area contributed by atoms with Crippen molar-refractivity contribution in [3.8, 4) is 50.7 Å². The Labute approximate surface area is 294 Å². The molecule has 4 heterocycles. The van der Waals surface area contributed by atoms with E-state index in [4.69, 9.17) is 19.9 Å². The van der Waals surface area contributed by atoms with Crippen molar-refractivity contribution in [3.05, 3.63) is 176 Å². The van der Waals surface area contributed by atoms with Gasteiger partial charge in [0.05, 0.1) is 16.7 Å². The zero-order valence-corrected chi connectivity index (χ0v) is 27.5. The van der Waals surface area contributed by atoms with E-state index >= 15 is 0 Å². The summed E-state index contributed by atoms with van der Waals surface area (Å²) >= 11 is 0. The van der Waals surface area contributed by atoms with E-state index in [0.29, 0.717) is 5.82 Å². The lowest BCUT2D eigenvalue weighted by Gasteiger charge is -2.15. The molecule has 0 amide bonds. The minimum atomic E-state index is 0.619. The van der Waals surface area contributed by atoms with Crippen molar-refractivity contribution >= 4 is 43.7 Å². The Hall–Kier alpha value is -6.98. The third-order valence-corrected chi connectivity index (χ3v) is 9.63. The van der Waals surface area contributed by atoms with E-state index in [-0.39, 0.29) is 0 Å². The lowest BCUT2D eigenvalue weighted by Crippen LogP contribution is -2.04. The third-order valence-electron chi connectivity index (χ3n) is 9.63. The van der Waals surface area contributed by atoms with Gasteiger partial charge >= 0.3 is 0 Å². The van der Waals surface area contributed by atoms with Crippen molar-refractivity contribution in [3.63, 3.8) is 0 Å². The zero-order valence-electron chi connectivity index (χ0n) is 27.5. The highest BCUT2D eigenvalue weighted by Crippen LogP contribution is 2.38. The van der Waals surface area contributed by atoms with Gasteiger partial charge in [-0.05, 0) is 70.8 Å². The molecule has 0 N–H and O–H groups in total. The molecule has 0 saturated carbocycles. The quantitative estimate of drug-likeness (QED) is 0.174. The van der Waals surface area contributed by atoms with Gasteiger partial charge in [0.25, 0.3) is 0 Å². The summed E-state index contributed by atoms with van der Waals surface area (Å²) in [6.45, 7) is 0. The van der Waals surface area contributed by atoms with Crippen molar-refractivity contribution in [2.45, 2.75) is 0 Å². The van der Waals surface area contributed by atoms with E-state index in [1.807, 2.05) is 42.6 Å². The van der Waals surface area contributed by atoms with Crippen LogP contribution in [0.3, 0.4) is 0 Å². The van der Waals surface area contributed by atoms with E-state index in [9.17, 15) is 0 Å². The van der Waals surface area contributed by atoms with Crippen molar-refractivity contribution in [1.29, 1.82) is 0 Å². The molecule has 4 aromatic heterocycles. The van der Waals surface area contributed by atoms with Gasteiger partial charge in [0.1, 0.15) is 11.2 Å². The normalized spacial score (nSPS) is 11.5. The van der Waals surface area contributed by atoms with Crippen LogP contribution in [0.5, 0.6) is 0 Å². The fourth-order valence-corrected chi connectivity index (χ4v) is 7.19. The first kappa shape index (κ1) is 29.0. The highest BCUT2D eigenvalue weighted by atomic mass is 15.1. The van der Waals surface area contributed by atoms with Gasteiger partial charge in [0.15, 0.2) is 11.6 Å². The molecular formula is C46H29N5. The predicted molar refractivity (Wildman–Crippen MR) is 209 cm³/mol. The van der Waals surface area contributed by atoms with Crippen molar-refractivity contribution < 1.29 is 0 Å². The third kappa shape index (κ3) is 4.94. The first-order chi connectivity index (χ1) is 25.3. The molecule has 10 rings (SSSR count). The largest absolute Gasteiger partial charge is 0.277 e. The van der Waals surface area contributed by atoms with E-state index in [2.05, 4.69) is 138 Å². The molecular weight excluding hydrogens is 623 g/mol. The molecule has 10 aromatic rings. The summed E-state index contributed by atoms with van der Waals surface area (Å²) in [4.78, 5) is 21.0. The fourth-order valence-electron chi connectivity index (χ4n) is 7.19. The smallest absolute Gasteiger partial charge is 0.162 e. The number of pyridine rings is 2. The second-order valence-corrected chi connectivity index (χ2v) is 12.7. The molecule has 5 heteroatoms. The van der Waals surface area contributed by atoms with Crippen LogP contribution in [0.2, 0.25) is 0 Å². The molecule has 51 heavy (non-hydrogen) atoms. The van der Waals surface area contributed by atoms with Crippen LogP contribution in [0.25, 0.3) is 94.5 Å². The molecule has 0 aliphatic carbocycles. The molecule has 0 saturated heterocycles. The number of benzene rings is 6. The van der Waals surface area contributed by atoms with Gasteiger partial charge in [0, 0.05) is 38.9 Å². The number of hydrogen-bond donors (Lipinski definition) is 0. The van der Waals surface area contributed by atoms with E-state index < -0.39 is 0 Å². The van der Waals surface area contributed by atoms with Crippen LogP contribution in [-0.2, 0) is 0 Å².